The van der Waals surface area contributed by atoms with Gasteiger partial charge in [0, 0.05) is 26.2 Å². The van der Waals surface area contributed by atoms with Gasteiger partial charge in [-0.3, -0.25) is 14.4 Å². The van der Waals surface area contributed by atoms with Crippen molar-refractivity contribution in [2.45, 2.75) is 58.4 Å². The van der Waals surface area contributed by atoms with Crippen LogP contribution in [0.5, 0.6) is 0 Å². The van der Waals surface area contributed by atoms with Crippen LogP contribution in [0.15, 0.2) is 54.6 Å². The standard InChI is InChI=1S/C27H34O8Si/c1-19(28)33-17-21(18-34-20(2)29)23-13-9-10-14-24(23)36(27(3,4)5,22-11-7-6-8-12-22)35-26(32)16-15-25(30)31/h6-14,21H,15-18H2,1-5H3,(H,30,31)/p-1. The number of rotatable bonds is 11. The summed E-state index contributed by atoms with van der Waals surface area (Å²) in [5, 5.41) is 12.0. The van der Waals surface area contributed by atoms with Gasteiger partial charge in [0.2, 0.25) is 0 Å². The Kier molecular flexibility index (Phi) is 9.98. The Morgan fingerprint density at radius 1 is 0.833 bits per heavy atom. The fourth-order valence-electron chi connectivity index (χ4n) is 4.20. The molecule has 0 amide bonds. The molecule has 36 heavy (non-hydrogen) atoms. The predicted molar refractivity (Wildman–Crippen MR) is 134 cm³/mol. The van der Waals surface area contributed by atoms with E-state index in [1.54, 1.807) is 0 Å². The second-order valence-corrected chi connectivity index (χ2v) is 13.7. The van der Waals surface area contributed by atoms with Crippen molar-refractivity contribution in [1.82, 2.24) is 0 Å². The van der Waals surface area contributed by atoms with Crippen LogP contribution in [0.2, 0.25) is 5.04 Å². The van der Waals surface area contributed by atoms with E-state index in [1.165, 1.54) is 13.8 Å². The van der Waals surface area contributed by atoms with Gasteiger partial charge < -0.3 is 23.8 Å². The van der Waals surface area contributed by atoms with Gasteiger partial charge in [-0.15, -0.1) is 0 Å². The quantitative estimate of drug-likeness (QED) is 0.330. The van der Waals surface area contributed by atoms with E-state index in [4.69, 9.17) is 13.9 Å². The molecule has 0 aromatic heterocycles. The molecule has 2 aromatic carbocycles. The molecule has 9 heteroatoms. The van der Waals surface area contributed by atoms with Crippen LogP contribution < -0.4 is 15.5 Å². The van der Waals surface area contributed by atoms with Crippen molar-refractivity contribution in [1.29, 1.82) is 0 Å². The number of esters is 2. The summed E-state index contributed by atoms with van der Waals surface area (Å²) in [4.78, 5) is 47.3. The van der Waals surface area contributed by atoms with Crippen LogP contribution in [-0.4, -0.2) is 45.4 Å². The van der Waals surface area contributed by atoms with Gasteiger partial charge in [-0.1, -0.05) is 75.4 Å². The van der Waals surface area contributed by atoms with Gasteiger partial charge in [0.25, 0.3) is 5.97 Å². The van der Waals surface area contributed by atoms with E-state index in [9.17, 15) is 24.3 Å². The van der Waals surface area contributed by atoms with Crippen LogP contribution in [0.25, 0.3) is 0 Å². The number of ether oxygens (including phenoxy) is 2. The minimum atomic E-state index is -3.45. The largest absolute Gasteiger partial charge is 0.550 e. The molecule has 0 N–H and O–H groups in total. The third-order valence-electron chi connectivity index (χ3n) is 5.79. The van der Waals surface area contributed by atoms with E-state index in [-0.39, 0.29) is 19.6 Å². The summed E-state index contributed by atoms with van der Waals surface area (Å²) in [5.41, 5.74) is 0.721. The molecular weight excluding hydrogens is 480 g/mol. The van der Waals surface area contributed by atoms with E-state index in [0.29, 0.717) is 0 Å². The van der Waals surface area contributed by atoms with Gasteiger partial charge in [0.15, 0.2) is 0 Å². The second-order valence-electron chi connectivity index (χ2n) is 9.53. The molecule has 1 unspecified atom stereocenters. The normalized spacial score (nSPS) is 12.9. The smallest absolute Gasteiger partial charge is 0.324 e. The van der Waals surface area contributed by atoms with Crippen LogP contribution in [-0.2, 0) is 33.1 Å². The summed E-state index contributed by atoms with van der Waals surface area (Å²) in [5.74, 6) is -3.45. The van der Waals surface area contributed by atoms with Crippen molar-refractivity contribution < 1.29 is 38.2 Å². The topological polar surface area (TPSA) is 119 Å². The lowest BCUT2D eigenvalue weighted by Crippen LogP contribution is -2.68. The molecule has 8 nitrogen and oxygen atoms in total. The van der Waals surface area contributed by atoms with Crippen LogP contribution >= 0.6 is 0 Å². The molecule has 2 aromatic rings. The number of benzene rings is 2. The van der Waals surface area contributed by atoms with E-state index >= 15 is 0 Å². The number of carbonyl (C=O) groups excluding carboxylic acids is 4. The zero-order valence-electron chi connectivity index (χ0n) is 21.4. The average molecular weight is 514 g/mol. The minimum absolute atomic E-state index is 0.0400. The Bertz CT molecular complexity index is 1060. The highest BCUT2D eigenvalue weighted by atomic mass is 28.4. The van der Waals surface area contributed by atoms with E-state index in [0.717, 1.165) is 15.9 Å². The molecule has 0 fully saturated rings. The van der Waals surface area contributed by atoms with Gasteiger partial charge in [-0.2, -0.15) is 0 Å². The number of hydrogen-bond donors (Lipinski definition) is 0. The SMILES string of the molecule is CC(=O)OCC(COC(C)=O)c1ccccc1[Si](OC(=O)CCC(=O)[O-])(c1ccccc1)C(C)(C)C. The third-order valence-corrected chi connectivity index (χ3v) is 10.8. The van der Waals surface area contributed by atoms with Crippen LogP contribution in [0.4, 0.5) is 0 Å². The maximum Gasteiger partial charge on any atom is 0.324 e. The number of carbonyl (C=O) groups is 4. The van der Waals surface area contributed by atoms with Crippen molar-refractivity contribution in [3.63, 3.8) is 0 Å². The van der Waals surface area contributed by atoms with Crippen molar-refractivity contribution in [2.24, 2.45) is 0 Å². The van der Waals surface area contributed by atoms with Crippen molar-refractivity contribution >= 4 is 42.6 Å². The molecule has 0 aliphatic carbocycles. The Morgan fingerprint density at radius 2 is 1.36 bits per heavy atom. The molecule has 0 spiro atoms. The maximum absolute atomic E-state index is 13.1. The molecule has 0 saturated carbocycles. The van der Waals surface area contributed by atoms with Crippen LogP contribution in [0.3, 0.4) is 0 Å². The Labute approximate surface area is 212 Å². The molecule has 2 rings (SSSR count). The second kappa shape index (κ2) is 12.5. The van der Waals surface area contributed by atoms with Crippen LogP contribution in [0.1, 0.15) is 58.9 Å². The first-order valence-corrected chi connectivity index (χ1v) is 13.6. The lowest BCUT2D eigenvalue weighted by atomic mass is 10.0. The van der Waals surface area contributed by atoms with Gasteiger partial charge in [-0.05, 0) is 27.4 Å². The minimum Gasteiger partial charge on any atom is -0.550 e. The summed E-state index contributed by atoms with van der Waals surface area (Å²) in [7, 11) is -3.45. The molecule has 0 heterocycles. The Morgan fingerprint density at radius 3 is 1.86 bits per heavy atom. The van der Waals surface area contributed by atoms with Crippen molar-refractivity contribution in [2.75, 3.05) is 13.2 Å². The molecule has 0 bridgehead atoms. The third kappa shape index (κ3) is 7.27. The fourth-order valence-corrected chi connectivity index (χ4v) is 8.84. The van der Waals surface area contributed by atoms with Crippen molar-refractivity contribution in [3.8, 4) is 0 Å². The Balaban J connectivity index is 2.77. The summed E-state index contributed by atoms with van der Waals surface area (Å²) in [6.07, 6.45) is -0.780. The summed E-state index contributed by atoms with van der Waals surface area (Å²) >= 11 is 0. The maximum atomic E-state index is 13.1. The zero-order valence-corrected chi connectivity index (χ0v) is 22.4. The highest BCUT2D eigenvalue weighted by Gasteiger charge is 2.54. The van der Waals surface area contributed by atoms with Gasteiger partial charge in [0.1, 0.15) is 13.2 Å². The zero-order chi connectivity index (χ0) is 26.9. The highest BCUT2D eigenvalue weighted by Crippen LogP contribution is 2.38. The van der Waals surface area contributed by atoms with Crippen molar-refractivity contribution in [3.05, 3.63) is 60.2 Å². The summed E-state index contributed by atoms with van der Waals surface area (Å²) in [6.45, 7) is 8.44. The monoisotopic (exact) mass is 513 g/mol. The number of aliphatic carboxylic acids is 1. The lowest BCUT2D eigenvalue weighted by molar-refractivity contribution is -0.305. The molecule has 0 radical (unpaired) electrons. The lowest BCUT2D eigenvalue weighted by Gasteiger charge is -2.43. The average Bonchev–Trinajstić information content (AvgIpc) is 2.81. The molecule has 1 atom stereocenters. The van der Waals surface area contributed by atoms with E-state index in [2.05, 4.69) is 0 Å². The molecule has 0 aliphatic rings. The first-order chi connectivity index (χ1) is 16.9. The first-order valence-electron chi connectivity index (χ1n) is 11.7. The Hall–Kier alpha value is -3.46. The number of carboxylic acid groups (broad SMARTS) is 1. The first kappa shape index (κ1) is 28.8. The van der Waals surface area contributed by atoms with Gasteiger partial charge >= 0.3 is 20.3 Å². The van der Waals surface area contributed by atoms with E-state index in [1.807, 2.05) is 75.4 Å². The predicted octanol–water partition coefficient (Wildman–Crippen LogP) is 1.83. The highest BCUT2D eigenvalue weighted by molar-refractivity contribution is 7.00. The fraction of sp³-hybridized carbons (Fsp3) is 0.407. The molecule has 0 saturated heterocycles. The summed E-state index contributed by atoms with van der Waals surface area (Å²) < 4.78 is 17.0. The van der Waals surface area contributed by atoms with Crippen LogP contribution in [0, 0.1) is 0 Å². The van der Waals surface area contributed by atoms with Gasteiger partial charge in [-0.25, -0.2) is 0 Å². The van der Waals surface area contributed by atoms with E-state index < -0.39 is 49.6 Å². The molecular formula is C27H33O8Si-. The molecule has 194 valence electrons. The molecule has 0 aliphatic heterocycles. The number of hydrogen-bond acceptors (Lipinski definition) is 8. The summed E-state index contributed by atoms with van der Waals surface area (Å²) in [6, 6.07) is 16.7. The number of carboxylic acids is 1. The van der Waals surface area contributed by atoms with Gasteiger partial charge in [0.05, 0.1) is 5.92 Å².